The number of benzene rings is 1. The number of nitrogens with two attached hydrogens (primary N) is 1. The number of carbonyl (C=O) groups excluding carboxylic acids is 1. The van der Waals surface area contributed by atoms with Gasteiger partial charge in [-0.2, -0.15) is 5.10 Å². The van der Waals surface area contributed by atoms with Crippen LogP contribution in [0.4, 0.5) is 4.79 Å². The second-order valence-electron chi connectivity index (χ2n) is 3.02. The molecule has 1 aromatic rings. The Bertz CT molecular complexity index is 432. The molecule has 0 saturated heterocycles. The Morgan fingerprint density at radius 2 is 2.12 bits per heavy atom. The first kappa shape index (κ1) is 12.8. The number of rotatable bonds is 3. The van der Waals surface area contributed by atoms with Gasteiger partial charge in [0.05, 0.1) is 15.8 Å². The normalized spacial score (nSPS) is 11.3. The largest absolute Gasteiger partial charge is 0.350 e. The molecule has 0 aromatic heterocycles. The van der Waals surface area contributed by atoms with Gasteiger partial charge in [-0.1, -0.05) is 36.2 Å². The lowest BCUT2D eigenvalue weighted by atomic mass is 10.1. The standard InChI is InChI=1S/C10H11Cl2N3O/c1-2-9(14-15-10(13)16)6-3-4-7(11)8(12)5-6/h3-5H,2H2,1H3,(H3,13,15,16)/b14-9-. The van der Waals surface area contributed by atoms with Crippen molar-refractivity contribution in [1.29, 1.82) is 0 Å². The van der Waals surface area contributed by atoms with Crippen LogP contribution >= 0.6 is 23.2 Å². The fraction of sp³-hybridized carbons (Fsp3) is 0.200. The van der Waals surface area contributed by atoms with Crippen LogP contribution in [0, 0.1) is 0 Å². The predicted molar refractivity (Wildman–Crippen MR) is 66.0 cm³/mol. The number of nitrogens with zero attached hydrogens (tertiary/aromatic N) is 1. The highest BCUT2D eigenvalue weighted by Gasteiger charge is 2.05. The molecule has 0 unspecified atom stereocenters. The van der Waals surface area contributed by atoms with Crippen molar-refractivity contribution >= 4 is 34.9 Å². The lowest BCUT2D eigenvalue weighted by Crippen LogP contribution is -2.25. The molecule has 0 bridgehead atoms. The van der Waals surface area contributed by atoms with E-state index in [1.54, 1.807) is 18.2 Å². The van der Waals surface area contributed by atoms with Crippen LogP contribution in [-0.2, 0) is 0 Å². The SMILES string of the molecule is CC/C(=N/NC(N)=O)c1ccc(Cl)c(Cl)c1. The van der Waals surface area contributed by atoms with Gasteiger partial charge >= 0.3 is 6.03 Å². The van der Waals surface area contributed by atoms with Gasteiger partial charge in [0.2, 0.25) is 0 Å². The molecule has 0 saturated carbocycles. The molecule has 0 aliphatic rings. The zero-order valence-electron chi connectivity index (χ0n) is 8.63. The Morgan fingerprint density at radius 3 is 2.62 bits per heavy atom. The Balaban J connectivity index is 2.99. The zero-order valence-corrected chi connectivity index (χ0v) is 10.1. The maximum Gasteiger partial charge on any atom is 0.332 e. The maximum absolute atomic E-state index is 10.5. The van der Waals surface area contributed by atoms with Crippen molar-refractivity contribution in [2.75, 3.05) is 0 Å². The number of hydrogen-bond donors (Lipinski definition) is 2. The summed E-state index contributed by atoms with van der Waals surface area (Å²) < 4.78 is 0. The molecule has 0 heterocycles. The third-order valence-electron chi connectivity index (χ3n) is 1.89. The molecule has 4 nitrogen and oxygen atoms in total. The summed E-state index contributed by atoms with van der Waals surface area (Å²) in [6.45, 7) is 1.91. The molecule has 3 N–H and O–H groups in total. The summed E-state index contributed by atoms with van der Waals surface area (Å²) >= 11 is 11.7. The number of hydrazone groups is 1. The first-order valence-corrected chi connectivity index (χ1v) is 5.37. The minimum Gasteiger partial charge on any atom is -0.350 e. The van der Waals surface area contributed by atoms with Gasteiger partial charge < -0.3 is 5.73 Å². The Kier molecular flexibility index (Phi) is 4.58. The van der Waals surface area contributed by atoms with Crippen LogP contribution in [0.3, 0.4) is 0 Å². The maximum atomic E-state index is 10.5. The molecule has 1 rings (SSSR count). The van der Waals surface area contributed by atoms with Crippen LogP contribution in [-0.4, -0.2) is 11.7 Å². The van der Waals surface area contributed by atoms with Gasteiger partial charge in [-0.3, -0.25) is 0 Å². The second kappa shape index (κ2) is 5.72. The van der Waals surface area contributed by atoms with Crippen LogP contribution in [0.5, 0.6) is 0 Å². The van der Waals surface area contributed by atoms with E-state index < -0.39 is 6.03 Å². The van der Waals surface area contributed by atoms with Crippen molar-refractivity contribution in [1.82, 2.24) is 5.43 Å². The summed E-state index contributed by atoms with van der Waals surface area (Å²) in [5, 5.41) is 4.79. The third kappa shape index (κ3) is 3.40. The predicted octanol–water partition coefficient (Wildman–Crippen LogP) is 2.78. The van der Waals surface area contributed by atoms with Crippen molar-refractivity contribution in [3.8, 4) is 0 Å². The minimum atomic E-state index is -0.703. The Hall–Kier alpha value is -1.26. The van der Waals surface area contributed by atoms with Crippen LogP contribution in [0.2, 0.25) is 10.0 Å². The van der Waals surface area contributed by atoms with E-state index in [1.807, 2.05) is 6.92 Å². The van der Waals surface area contributed by atoms with Crippen molar-refractivity contribution in [2.24, 2.45) is 10.8 Å². The molecule has 6 heteroatoms. The highest BCUT2D eigenvalue weighted by molar-refractivity contribution is 6.42. The van der Waals surface area contributed by atoms with Crippen molar-refractivity contribution in [2.45, 2.75) is 13.3 Å². The van der Waals surface area contributed by atoms with Crippen molar-refractivity contribution in [3.05, 3.63) is 33.8 Å². The summed E-state index contributed by atoms with van der Waals surface area (Å²) in [6.07, 6.45) is 0.637. The first-order valence-electron chi connectivity index (χ1n) is 4.62. The third-order valence-corrected chi connectivity index (χ3v) is 2.63. The van der Waals surface area contributed by atoms with E-state index in [1.165, 1.54) is 0 Å². The second-order valence-corrected chi connectivity index (χ2v) is 3.83. The van der Waals surface area contributed by atoms with Gasteiger partial charge in [-0.25, -0.2) is 10.2 Å². The van der Waals surface area contributed by atoms with E-state index in [9.17, 15) is 4.79 Å². The van der Waals surface area contributed by atoms with E-state index in [0.29, 0.717) is 22.2 Å². The lowest BCUT2D eigenvalue weighted by molar-refractivity contribution is 0.249. The quantitative estimate of drug-likeness (QED) is 0.636. The number of carbonyl (C=O) groups is 1. The van der Waals surface area contributed by atoms with Crippen LogP contribution < -0.4 is 11.2 Å². The van der Waals surface area contributed by atoms with Crippen LogP contribution in [0.15, 0.2) is 23.3 Å². The van der Waals surface area contributed by atoms with E-state index in [-0.39, 0.29) is 0 Å². The molecule has 0 fully saturated rings. The summed E-state index contributed by atoms with van der Waals surface area (Å²) in [7, 11) is 0. The van der Waals surface area contributed by atoms with Gasteiger partial charge in [-0.15, -0.1) is 0 Å². The average Bonchev–Trinajstić information content (AvgIpc) is 2.23. The number of halogens is 2. The molecule has 2 amide bonds. The molecular formula is C10H11Cl2N3O. The van der Waals surface area contributed by atoms with Gasteiger partial charge in [0.1, 0.15) is 0 Å². The molecule has 86 valence electrons. The molecular weight excluding hydrogens is 249 g/mol. The van der Waals surface area contributed by atoms with Gasteiger partial charge in [0.15, 0.2) is 0 Å². The van der Waals surface area contributed by atoms with E-state index in [2.05, 4.69) is 10.5 Å². The van der Waals surface area contributed by atoms with Gasteiger partial charge in [0, 0.05) is 0 Å². The van der Waals surface area contributed by atoms with E-state index in [4.69, 9.17) is 28.9 Å². The Morgan fingerprint density at radius 1 is 1.44 bits per heavy atom. The summed E-state index contributed by atoms with van der Waals surface area (Å²) in [6, 6.07) is 4.44. The fourth-order valence-corrected chi connectivity index (χ4v) is 1.44. The zero-order chi connectivity index (χ0) is 12.1. The Labute approximate surface area is 103 Å². The molecule has 0 radical (unpaired) electrons. The topological polar surface area (TPSA) is 67.5 Å². The number of primary amides is 1. The molecule has 1 aromatic carbocycles. The molecule has 0 atom stereocenters. The van der Waals surface area contributed by atoms with Gasteiger partial charge in [0.25, 0.3) is 0 Å². The molecule has 0 aliphatic heterocycles. The smallest absolute Gasteiger partial charge is 0.332 e. The molecule has 16 heavy (non-hydrogen) atoms. The highest BCUT2D eigenvalue weighted by Crippen LogP contribution is 2.23. The summed E-state index contributed by atoms with van der Waals surface area (Å²) in [4.78, 5) is 10.5. The number of nitrogens with one attached hydrogen (secondary N) is 1. The first-order chi connectivity index (χ1) is 7.54. The summed E-state index contributed by atoms with van der Waals surface area (Å²) in [5.41, 5.74) is 8.58. The molecule has 0 spiro atoms. The van der Waals surface area contributed by atoms with E-state index in [0.717, 1.165) is 5.56 Å². The monoisotopic (exact) mass is 259 g/mol. The van der Waals surface area contributed by atoms with Gasteiger partial charge in [-0.05, 0) is 24.1 Å². The lowest BCUT2D eigenvalue weighted by Gasteiger charge is -2.05. The fourth-order valence-electron chi connectivity index (χ4n) is 1.15. The van der Waals surface area contributed by atoms with E-state index >= 15 is 0 Å². The summed E-state index contributed by atoms with van der Waals surface area (Å²) in [5.74, 6) is 0. The number of hydrogen-bond acceptors (Lipinski definition) is 2. The average molecular weight is 260 g/mol. The number of urea groups is 1. The van der Waals surface area contributed by atoms with Crippen molar-refractivity contribution in [3.63, 3.8) is 0 Å². The van der Waals surface area contributed by atoms with Crippen molar-refractivity contribution < 1.29 is 4.79 Å². The van der Waals surface area contributed by atoms with Crippen LogP contribution in [0.25, 0.3) is 0 Å². The number of amides is 2. The highest BCUT2D eigenvalue weighted by atomic mass is 35.5. The minimum absolute atomic E-state index is 0.444. The van der Waals surface area contributed by atoms with Crippen LogP contribution in [0.1, 0.15) is 18.9 Å². The molecule has 0 aliphatic carbocycles.